The number of Topliss-reactive ketones (excluding diaryl/α,β-unsaturated/α-hetero) is 1. The smallest absolute Gasteiger partial charge is 0.374 e. The SMILES string of the molecule is CC(=O)C(=O)OCCOC(=O)CSC(C)C. The van der Waals surface area contributed by atoms with Crippen LogP contribution in [0.1, 0.15) is 20.8 Å². The van der Waals surface area contributed by atoms with E-state index in [4.69, 9.17) is 4.74 Å². The minimum absolute atomic E-state index is 0.0174. The van der Waals surface area contributed by atoms with E-state index < -0.39 is 11.8 Å². The predicted octanol–water partition coefficient (Wildman–Crippen LogP) is 0.803. The first-order chi connectivity index (χ1) is 7.43. The fraction of sp³-hybridized carbons (Fsp3) is 0.700. The molecule has 0 amide bonds. The highest BCUT2D eigenvalue weighted by Gasteiger charge is 2.09. The van der Waals surface area contributed by atoms with Gasteiger partial charge < -0.3 is 9.47 Å². The van der Waals surface area contributed by atoms with Crippen molar-refractivity contribution < 1.29 is 23.9 Å². The molecule has 0 rings (SSSR count). The Morgan fingerprint density at radius 2 is 1.69 bits per heavy atom. The molecule has 92 valence electrons. The van der Waals surface area contributed by atoms with Gasteiger partial charge in [-0.2, -0.15) is 0 Å². The second-order valence-corrected chi connectivity index (χ2v) is 4.84. The third-order valence-corrected chi connectivity index (χ3v) is 2.47. The minimum atomic E-state index is -0.910. The summed E-state index contributed by atoms with van der Waals surface area (Å²) in [5.74, 6) is -1.65. The van der Waals surface area contributed by atoms with Crippen molar-refractivity contribution in [3.05, 3.63) is 0 Å². The van der Waals surface area contributed by atoms with Crippen LogP contribution in [-0.4, -0.2) is 41.9 Å². The van der Waals surface area contributed by atoms with E-state index in [-0.39, 0.29) is 24.9 Å². The molecule has 0 aliphatic rings. The van der Waals surface area contributed by atoms with E-state index in [9.17, 15) is 14.4 Å². The third-order valence-electron chi connectivity index (χ3n) is 1.40. The molecule has 16 heavy (non-hydrogen) atoms. The lowest BCUT2D eigenvalue weighted by molar-refractivity contribution is -0.156. The monoisotopic (exact) mass is 248 g/mol. The number of hydrogen-bond acceptors (Lipinski definition) is 6. The first kappa shape index (κ1) is 15.0. The summed E-state index contributed by atoms with van der Waals surface area (Å²) < 4.78 is 9.28. The molecule has 0 bridgehead atoms. The van der Waals surface area contributed by atoms with Gasteiger partial charge in [-0.25, -0.2) is 4.79 Å². The average molecular weight is 248 g/mol. The summed E-state index contributed by atoms with van der Waals surface area (Å²) in [7, 11) is 0. The standard InChI is InChI=1S/C10H16O5S/c1-7(2)16-6-9(12)14-4-5-15-10(13)8(3)11/h7H,4-6H2,1-3H3. The van der Waals surface area contributed by atoms with E-state index >= 15 is 0 Å². The van der Waals surface area contributed by atoms with Crippen LogP contribution >= 0.6 is 11.8 Å². The van der Waals surface area contributed by atoms with Crippen LogP contribution in [0.5, 0.6) is 0 Å². The van der Waals surface area contributed by atoms with E-state index in [2.05, 4.69) is 4.74 Å². The van der Waals surface area contributed by atoms with E-state index in [1.807, 2.05) is 13.8 Å². The number of ether oxygens (including phenoxy) is 2. The first-order valence-electron chi connectivity index (χ1n) is 4.88. The number of thioether (sulfide) groups is 1. The predicted molar refractivity (Wildman–Crippen MR) is 60.2 cm³/mol. The normalized spacial score (nSPS) is 10.0. The van der Waals surface area contributed by atoms with Crippen LogP contribution < -0.4 is 0 Å². The Morgan fingerprint density at radius 3 is 2.19 bits per heavy atom. The first-order valence-corrected chi connectivity index (χ1v) is 5.93. The summed E-state index contributed by atoms with van der Waals surface area (Å²) in [6.07, 6.45) is 0. The second-order valence-electron chi connectivity index (χ2n) is 3.27. The summed E-state index contributed by atoms with van der Waals surface area (Å²) in [6, 6.07) is 0. The molecule has 0 unspecified atom stereocenters. The third kappa shape index (κ3) is 8.28. The second kappa shape index (κ2) is 8.15. The number of esters is 2. The van der Waals surface area contributed by atoms with Crippen LogP contribution in [0.15, 0.2) is 0 Å². The largest absolute Gasteiger partial charge is 0.461 e. The average Bonchev–Trinajstić information content (AvgIpc) is 2.20. The topological polar surface area (TPSA) is 69.7 Å². The zero-order chi connectivity index (χ0) is 12.6. The Kier molecular flexibility index (Phi) is 7.62. The molecule has 0 saturated carbocycles. The summed E-state index contributed by atoms with van der Waals surface area (Å²) in [5, 5.41) is 0.364. The van der Waals surface area contributed by atoms with Gasteiger partial charge in [-0.3, -0.25) is 9.59 Å². The van der Waals surface area contributed by atoms with Crippen LogP contribution in [0.2, 0.25) is 0 Å². The number of carbonyl (C=O) groups excluding carboxylic acids is 3. The van der Waals surface area contributed by atoms with Crippen LogP contribution in [0, 0.1) is 0 Å². The van der Waals surface area contributed by atoms with Crippen LogP contribution in [0.4, 0.5) is 0 Å². The van der Waals surface area contributed by atoms with Gasteiger partial charge in [0.1, 0.15) is 13.2 Å². The Bertz CT molecular complexity index is 262. The lowest BCUT2D eigenvalue weighted by Gasteiger charge is -2.06. The molecule has 0 fully saturated rings. The minimum Gasteiger partial charge on any atom is -0.461 e. The summed E-state index contributed by atoms with van der Waals surface area (Å²) in [6.45, 7) is 4.97. The molecule has 0 atom stereocenters. The Balaban J connectivity index is 3.48. The van der Waals surface area contributed by atoms with Gasteiger partial charge in [-0.15, -0.1) is 11.8 Å². The molecule has 0 aliphatic carbocycles. The molecule has 0 aliphatic heterocycles. The molecule has 0 aromatic rings. The molecule has 0 radical (unpaired) electrons. The fourth-order valence-corrected chi connectivity index (χ4v) is 1.22. The molecule has 0 aromatic heterocycles. The Hall–Kier alpha value is -1.04. The van der Waals surface area contributed by atoms with Gasteiger partial charge in [-0.1, -0.05) is 13.8 Å². The van der Waals surface area contributed by atoms with E-state index in [0.717, 1.165) is 6.92 Å². The van der Waals surface area contributed by atoms with Crippen molar-refractivity contribution in [1.29, 1.82) is 0 Å². The van der Waals surface area contributed by atoms with Gasteiger partial charge >= 0.3 is 11.9 Å². The Labute approximate surface area is 98.9 Å². The molecular weight excluding hydrogens is 232 g/mol. The maximum Gasteiger partial charge on any atom is 0.374 e. The van der Waals surface area contributed by atoms with Crippen molar-refractivity contribution >= 4 is 29.5 Å². The number of ketones is 1. The highest BCUT2D eigenvalue weighted by atomic mass is 32.2. The van der Waals surface area contributed by atoms with E-state index in [1.54, 1.807) is 0 Å². The quantitative estimate of drug-likeness (QED) is 0.377. The van der Waals surface area contributed by atoms with Gasteiger partial charge in [0.15, 0.2) is 0 Å². The van der Waals surface area contributed by atoms with Gasteiger partial charge in [0.05, 0.1) is 5.75 Å². The van der Waals surface area contributed by atoms with Gasteiger partial charge in [0.25, 0.3) is 0 Å². The molecular formula is C10H16O5S. The van der Waals surface area contributed by atoms with Crippen molar-refractivity contribution in [3.8, 4) is 0 Å². The van der Waals surface area contributed by atoms with Crippen molar-refractivity contribution in [2.24, 2.45) is 0 Å². The van der Waals surface area contributed by atoms with Crippen molar-refractivity contribution in [1.82, 2.24) is 0 Å². The highest BCUT2D eigenvalue weighted by Crippen LogP contribution is 2.08. The summed E-state index contributed by atoms with van der Waals surface area (Å²) in [5.41, 5.74) is 0. The van der Waals surface area contributed by atoms with Gasteiger partial charge in [0, 0.05) is 6.92 Å². The van der Waals surface area contributed by atoms with Crippen LogP contribution in [0.3, 0.4) is 0 Å². The van der Waals surface area contributed by atoms with E-state index in [1.165, 1.54) is 11.8 Å². The zero-order valence-electron chi connectivity index (χ0n) is 9.65. The van der Waals surface area contributed by atoms with Crippen molar-refractivity contribution in [2.45, 2.75) is 26.0 Å². The highest BCUT2D eigenvalue weighted by molar-refractivity contribution is 8.00. The van der Waals surface area contributed by atoms with E-state index in [0.29, 0.717) is 5.25 Å². The Morgan fingerprint density at radius 1 is 1.12 bits per heavy atom. The van der Waals surface area contributed by atoms with Crippen molar-refractivity contribution in [2.75, 3.05) is 19.0 Å². The summed E-state index contributed by atoms with van der Waals surface area (Å²) >= 11 is 1.47. The summed E-state index contributed by atoms with van der Waals surface area (Å²) in [4.78, 5) is 32.2. The lowest BCUT2D eigenvalue weighted by Crippen LogP contribution is -2.19. The number of rotatable bonds is 7. The lowest BCUT2D eigenvalue weighted by atomic mass is 10.5. The molecule has 5 nitrogen and oxygen atoms in total. The number of hydrogen-bond donors (Lipinski definition) is 0. The maximum atomic E-state index is 11.1. The van der Waals surface area contributed by atoms with Crippen molar-refractivity contribution in [3.63, 3.8) is 0 Å². The molecule has 0 aromatic carbocycles. The molecule has 0 heterocycles. The molecule has 0 spiro atoms. The zero-order valence-corrected chi connectivity index (χ0v) is 10.5. The van der Waals surface area contributed by atoms with Crippen LogP contribution in [0.25, 0.3) is 0 Å². The molecule has 0 saturated heterocycles. The molecule has 6 heteroatoms. The van der Waals surface area contributed by atoms with Crippen LogP contribution in [-0.2, 0) is 23.9 Å². The van der Waals surface area contributed by atoms with Gasteiger partial charge in [-0.05, 0) is 5.25 Å². The van der Waals surface area contributed by atoms with Gasteiger partial charge in [0.2, 0.25) is 5.78 Å². The fourth-order valence-electron chi connectivity index (χ4n) is 0.668. The number of carbonyl (C=O) groups is 3. The molecule has 0 N–H and O–H groups in total. The maximum absolute atomic E-state index is 11.1.